The zero-order chi connectivity index (χ0) is 27.7. The minimum Gasteiger partial charge on any atom is -0.507 e. The Morgan fingerprint density at radius 1 is 1.05 bits per heavy atom. The summed E-state index contributed by atoms with van der Waals surface area (Å²) in [6.07, 6.45) is 8.29. The van der Waals surface area contributed by atoms with Crippen LogP contribution < -0.4 is 16.3 Å². The first-order valence-corrected chi connectivity index (χ1v) is 13.6. The number of aromatic hydroxyl groups is 1. The maximum absolute atomic E-state index is 15.0. The van der Waals surface area contributed by atoms with Crippen LogP contribution in [0.5, 0.6) is 5.75 Å². The van der Waals surface area contributed by atoms with Crippen molar-refractivity contribution in [3.8, 4) is 33.7 Å². The summed E-state index contributed by atoms with van der Waals surface area (Å²) in [5.74, 6) is 1.19. The van der Waals surface area contributed by atoms with Crippen LogP contribution in [0.3, 0.4) is 0 Å². The van der Waals surface area contributed by atoms with Crippen molar-refractivity contribution >= 4 is 17.4 Å². The molecule has 2 unspecified atom stereocenters. The Bertz CT molecular complexity index is 1530. The number of benzene rings is 2. The molecule has 7 nitrogen and oxygen atoms in total. The van der Waals surface area contributed by atoms with E-state index in [-0.39, 0.29) is 11.4 Å². The molecule has 0 saturated carbocycles. The van der Waals surface area contributed by atoms with Gasteiger partial charge in [-0.05, 0) is 78.7 Å². The van der Waals surface area contributed by atoms with Crippen LogP contribution in [0, 0.1) is 17.7 Å². The number of aromatic nitrogens is 3. The molecule has 3 N–H and O–H groups in total. The van der Waals surface area contributed by atoms with E-state index in [4.69, 9.17) is 17.3 Å². The van der Waals surface area contributed by atoms with Gasteiger partial charge in [0.15, 0.2) is 0 Å². The van der Waals surface area contributed by atoms with E-state index in [1.807, 2.05) is 6.07 Å². The van der Waals surface area contributed by atoms with E-state index in [9.17, 15) is 14.3 Å². The van der Waals surface area contributed by atoms with Crippen LogP contribution >= 0.6 is 11.6 Å². The Morgan fingerprint density at radius 2 is 1.74 bits per heavy atom. The molecule has 3 heterocycles. The van der Waals surface area contributed by atoms with Crippen molar-refractivity contribution in [2.24, 2.45) is 24.6 Å². The molecule has 2 aromatic carbocycles. The van der Waals surface area contributed by atoms with E-state index in [2.05, 4.69) is 16.8 Å². The number of anilines is 1. The van der Waals surface area contributed by atoms with Gasteiger partial charge in [-0.3, -0.25) is 4.57 Å². The number of phenolic OH excluding ortho intramolecular Hbond substituents is 1. The SMILES string of the molecule is CCC1CCC(CN)CN(c2cc(-c3cc(F)cc(-c4ccc(-n5ccn(C)c5=O)c(Cl)c4)c3O)ccn2)C1. The Kier molecular flexibility index (Phi) is 7.77. The molecular weight excluding hydrogens is 517 g/mol. The largest absolute Gasteiger partial charge is 0.507 e. The van der Waals surface area contributed by atoms with Gasteiger partial charge in [-0.2, -0.15) is 0 Å². The highest BCUT2D eigenvalue weighted by Crippen LogP contribution is 2.41. The van der Waals surface area contributed by atoms with Gasteiger partial charge in [-0.25, -0.2) is 14.2 Å². The third-order valence-corrected chi connectivity index (χ3v) is 8.07. The molecule has 0 aliphatic carbocycles. The lowest BCUT2D eigenvalue weighted by atomic mass is 9.96. The van der Waals surface area contributed by atoms with Crippen molar-refractivity contribution in [1.29, 1.82) is 0 Å². The van der Waals surface area contributed by atoms with Gasteiger partial charge in [0.2, 0.25) is 0 Å². The predicted molar refractivity (Wildman–Crippen MR) is 154 cm³/mol. The fraction of sp³-hybridized carbons (Fsp3) is 0.333. The summed E-state index contributed by atoms with van der Waals surface area (Å²) >= 11 is 6.54. The van der Waals surface area contributed by atoms with Crippen LogP contribution in [0.2, 0.25) is 5.02 Å². The number of halogens is 2. The number of phenols is 1. The summed E-state index contributed by atoms with van der Waals surface area (Å²) in [5.41, 5.74) is 8.18. The Morgan fingerprint density at radius 3 is 2.38 bits per heavy atom. The average Bonchev–Trinajstić information content (AvgIpc) is 3.13. The van der Waals surface area contributed by atoms with Gasteiger partial charge in [0.25, 0.3) is 0 Å². The summed E-state index contributed by atoms with van der Waals surface area (Å²) in [5, 5.41) is 11.6. The van der Waals surface area contributed by atoms with Crippen LogP contribution in [-0.4, -0.2) is 38.9 Å². The molecule has 204 valence electrons. The van der Waals surface area contributed by atoms with Crippen LogP contribution in [-0.2, 0) is 7.05 Å². The molecule has 2 atom stereocenters. The lowest BCUT2D eigenvalue weighted by Gasteiger charge is -2.27. The molecule has 5 rings (SSSR count). The van der Waals surface area contributed by atoms with E-state index < -0.39 is 5.82 Å². The lowest BCUT2D eigenvalue weighted by molar-refractivity contribution is 0.447. The van der Waals surface area contributed by atoms with E-state index in [0.29, 0.717) is 51.3 Å². The quantitative estimate of drug-likeness (QED) is 0.326. The third kappa shape index (κ3) is 5.44. The van der Waals surface area contributed by atoms with E-state index in [1.54, 1.807) is 49.9 Å². The molecule has 4 aromatic rings. The number of imidazole rings is 1. The molecule has 0 amide bonds. The zero-order valence-corrected chi connectivity index (χ0v) is 22.9. The smallest absolute Gasteiger partial charge is 0.332 e. The first kappa shape index (κ1) is 27.0. The number of aryl methyl sites for hydroxylation is 1. The number of nitrogens with zero attached hydrogens (tertiary/aromatic N) is 4. The highest BCUT2D eigenvalue weighted by molar-refractivity contribution is 6.32. The molecule has 1 aliphatic rings. The third-order valence-electron chi connectivity index (χ3n) is 7.77. The van der Waals surface area contributed by atoms with Crippen LogP contribution in [0.15, 0.2) is 65.8 Å². The van der Waals surface area contributed by atoms with Crippen LogP contribution in [0.1, 0.15) is 26.2 Å². The fourth-order valence-electron chi connectivity index (χ4n) is 5.38. The Hall–Kier alpha value is -3.62. The number of pyridine rings is 1. The topological polar surface area (TPSA) is 89.3 Å². The molecule has 0 bridgehead atoms. The number of rotatable bonds is 6. The maximum Gasteiger partial charge on any atom is 0.332 e. The van der Waals surface area contributed by atoms with Gasteiger partial charge in [0, 0.05) is 49.9 Å². The Labute approximate surface area is 232 Å². The standard InChI is InChI=1S/C30H33ClFN5O2/c1-3-19-4-5-20(16-33)18-36(17-19)28-13-22(8-9-34-28)25-15-23(32)14-24(29(25)38)21-6-7-27(26(31)12-21)37-11-10-35(2)30(37)39/h6-15,19-20,38H,3-5,16-18,33H2,1-2H3. The maximum atomic E-state index is 15.0. The molecule has 1 aliphatic heterocycles. The minimum atomic E-state index is -0.486. The first-order chi connectivity index (χ1) is 18.8. The van der Waals surface area contributed by atoms with Crippen molar-refractivity contribution in [1.82, 2.24) is 14.1 Å². The monoisotopic (exact) mass is 549 g/mol. The molecule has 2 aromatic heterocycles. The molecule has 0 spiro atoms. The van der Waals surface area contributed by atoms with Crippen molar-refractivity contribution in [3.63, 3.8) is 0 Å². The average molecular weight is 550 g/mol. The van der Waals surface area contributed by atoms with E-state index >= 15 is 0 Å². The zero-order valence-electron chi connectivity index (χ0n) is 22.1. The summed E-state index contributed by atoms with van der Waals surface area (Å²) in [4.78, 5) is 19.3. The van der Waals surface area contributed by atoms with Gasteiger partial charge in [-0.15, -0.1) is 0 Å². The Balaban J connectivity index is 1.52. The second-order valence-electron chi connectivity index (χ2n) is 10.3. The summed E-state index contributed by atoms with van der Waals surface area (Å²) in [7, 11) is 1.66. The predicted octanol–water partition coefficient (Wildman–Crippen LogP) is 5.60. The second-order valence-corrected chi connectivity index (χ2v) is 10.7. The number of hydrogen-bond donors (Lipinski definition) is 2. The highest BCUT2D eigenvalue weighted by atomic mass is 35.5. The van der Waals surface area contributed by atoms with E-state index in [1.165, 1.54) is 21.3 Å². The first-order valence-electron chi connectivity index (χ1n) is 13.3. The summed E-state index contributed by atoms with van der Waals surface area (Å²) in [6, 6.07) is 11.3. The molecule has 39 heavy (non-hydrogen) atoms. The highest BCUT2D eigenvalue weighted by Gasteiger charge is 2.24. The normalized spacial score (nSPS) is 17.8. The number of hydrogen-bond acceptors (Lipinski definition) is 5. The van der Waals surface area contributed by atoms with Gasteiger partial charge >= 0.3 is 5.69 Å². The molecule has 1 saturated heterocycles. The fourth-order valence-corrected chi connectivity index (χ4v) is 5.65. The lowest BCUT2D eigenvalue weighted by Crippen LogP contribution is -2.33. The van der Waals surface area contributed by atoms with Crippen LogP contribution in [0.25, 0.3) is 27.9 Å². The van der Waals surface area contributed by atoms with Crippen molar-refractivity contribution < 1.29 is 9.50 Å². The van der Waals surface area contributed by atoms with Crippen molar-refractivity contribution in [3.05, 3.63) is 82.4 Å². The van der Waals surface area contributed by atoms with Gasteiger partial charge in [-0.1, -0.05) is 31.0 Å². The minimum absolute atomic E-state index is 0.0589. The van der Waals surface area contributed by atoms with Crippen molar-refractivity contribution in [2.75, 3.05) is 24.5 Å². The number of nitrogens with two attached hydrogens (primary N) is 1. The van der Waals surface area contributed by atoms with Crippen molar-refractivity contribution in [2.45, 2.75) is 26.2 Å². The molecular formula is C30H33ClFN5O2. The molecule has 9 heteroatoms. The summed E-state index contributed by atoms with van der Waals surface area (Å²) in [6.45, 7) is 4.54. The second kappa shape index (κ2) is 11.2. The molecule has 0 radical (unpaired) electrons. The van der Waals surface area contributed by atoms with Gasteiger partial charge in [0.1, 0.15) is 17.4 Å². The summed E-state index contributed by atoms with van der Waals surface area (Å²) < 4.78 is 17.8. The van der Waals surface area contributed by atoms with E-state index in [0.717, 1.165) is 38.2 Å². The van der Waals surface area contributed by atoms with Gasteiger partial charge in [0.05, 0.1) is 10.7 Å². The van der Waals surface area contributed by atoms with Gasteiger partial charge < -0.3 is 20.3 Å². The van der Waals surface area contributed by atoms with Crippen LogP contribution in [0.4, 0.5) is 10.2 Å². The molecule has 1 fully saturated rings.